The van der Waals surface area contributed by atoms with Crippen LogP contribution < -0.4 is 0 Å². The highest BCUT2D eigenvalue weighted by Crippen LogP contribution is 2.22. The molecule has 88 valence electrons. The Morgan fingerprint density at radius 2 is 2.00 bits per heavy atom. The summed E-state index contributed by atoms with van der Waals surface area (Å²) in [6.45, 7) is 6.01. The fraction of sp³-hybridized carbons (Fsp3) is 0.462. The minimum atomic E-state index is -0.314. The molecule has 1 aromatic rings. The number of carbonyl (C=O) groups excluding carboxylic acids is 1. The fourth-order valence-corrected chi connectivity index (χ4v) is 1.95. The van der Waals surface area contributed by atoms with E-state index in [0.717, 1.165) is 4.47 Å². The summed E-state index contributed by atoms with van der Waals surface area (Å²) in [5, 5.41) is 0. The molecule has 1 nitrogen and oxygen atoms in total. The lowest BCUT2D eigenvalue weighted by Crippen LogP contribution is -2.15. The molecule has 0 aromatic heterocycles. The van der Waals surface area contributed by atoms with E-state index in [0.29, 0.717) is 12.0 Å². The Hall–Kier alpha value is -0.700. The summed E-state index contributed by atoms with van der Waals surface area (Å²) >= 11 is 3.27. The van der Waals surface area contributed by atoms with Crippen LogP contribution in [0.3, 0.4) is 0 Å². The largest absolute Gasteiger partial charge is 0.299 e. The number of Topliss-reactive ketones (excluding diaryl/α,β-unsaturated/α-hetero) is 1. The molecule has 1 rings (SSSR count). The highest BCUT2D eigenvalue weighted by atomic mass is 79.9. The summed E-state index contributed by atoms with van der Waals surface area (Å²) in [6.07, 6.45) is 0.640. The van der Waals surface area contributed by atoms with Crippen LogP contribution in [-0.2, 0) is 11.2 Å². The number of hydrogen-bond donors (Lipinski definition) is 0. The van der Waals surface area contributed by atoms with Crippen LogP contribution in [0.2, 0.25) is 0 Å². The Bertz CT molecular complexity index is 393. The summed E-state index contributed by atoms with van der Waals surface area (Å²) < 4.78 is 14.2. The third-order valence-electron chi connectivity index (χ3n) is 2.12. The van der Waals surface area contributed by atoms with E-state index in [9.17, 15) is 9.18 Å². The molecule has 0 N–H and O–H groups in total. The van der Waals surface area contributed by atoms with Crippen LogP contribution in [0.15, 0.2) is 22.7 Å². The number of halogens is 2. The number of hydrogen-bond acceptors (Lipinski definition) is 1. The van der Waals surface area contributed by atoms with E-state index in [-0.39, 0.29) is 23.4 Å². The molecule has 0 unspecified atom stereocenters. The molecule has 0 fully saturated rings. The van der Waals surface area contributed by atoms with Crippen LogP contribution >= 0.6 is 15.9 Å². The first kappa shape index (κ1) is 13.4. The molecule has 1 aromatic carbocycles. The maximum absolute atomic E-state index is 13.4. The average Bonchev–Trinajstić information content (AvgIpc) is 2.08. The van der Waals surface area contributed by atoms with Crippen LogP contribution in [0.25, 0.3) is 0 Å². The molecular weight excluding hydrogens is 271 g/mol. The highest BCUT2D eigenvalue weighted by Gasteiger charge is 2.17. The number of rotatable bonds is 3. The van der Waals surface area contributed by atoms with Crippen molar-refractivity contribution in [3.63, 3.8) is 0 Å². The lowest BCUT2D eigenvalue weighted by molar-refractivity contribution is -0.120. The summed E-state index contributed by atoms with van der Waals surface area (Å²) in [4.78, 5) is 11.7. The van der Waals surface area contributed by atoms with E-state index in [2.05, 4.69) is 15.9 Å². The highest BCUT2D eigenvalue weighted by molar-refractivity contribution is 9.10. The molecule has 0 spiro atoms. The Morgan fingerprint density at radius 3 is 2.56 bits per heavy atom. The van der Waals surface area contributed by atoms with Gasteiger partial charge in [-0.05, 0) is 29.2 Å². The summed E-state index contributed by atoms with van der Waals surface area (Å²) in [7, 11) is 0. The molecule has 0 saturated carbocycles. The number of ketones is 1. The molecule has 0 aliphatic heterocycles. The van der Waals surface area contributed by atoms with Crippen LogP contribution in [0.1, 0.15) is 32.8 Å². The minimum absolute atomic E-state index is 0.0421. The van der Waals surface area contributed by atoms with Crippen LogP contribution in [-0.4, -0.2) is 5.78 Å². The Labute approximate surface area is 104 Å². The first-order valence-electron chi connectivity index (χ1n) is 5.23. The third kappa shape index (κ3) is 4.44. The van der Waals surface area contributed by atoms with E-state index in [4.69, 9.17) is 0 Å². The Kier molecular flexibility index (Phi) is 4.25. The van der Waals surface area contributed by atoms with Gasteiger partial charge in [0, 0.05) is 17.3 Å². The Balaban J connectivity index is 2.73. The van der Waals surface area contributed by atoms with Gasteiger partial charge in [0.15, 0.2) is 0 Å². The van der Waals surface area contributed by atoms with Gasteiger partial charge < -0.3 is 0 Å². The van der Waals surface area contributed by atoms with Crippen molar-refractivity contribution < 1.29 is 9.18 Å². The van der Waals surface area contributed by atoms with Gasteiger partial charge in [-0.2, -0.15) is 0 Å². The third-order valence-corrected chi connectivity index (χ3v) is 2.62. The van der Waals surface area contributed by atoms with Crippen molar-refractivity contribution >= 4 is 21.7 Å². The van der Waals surface area contributed by atoms with E-state index in [1.807, 2.05) is 20.8 Å². The average molecular weight is 287 g/mol. The smallest absolute Gasteiger partial charge is 0.137 e. The lowest BCUT2D eigenvalue weighted by atomic mass is 9.88. The van der Waals surface area contributed by atoms with Crippen LogP contribution in [0.4, 0.5) is 4.39 Å². The van der Waals surface area contributed by atoms with E-state index >= 15 is 0 Å². The maximum atomic E-state index is 13.4. The van der Waals surface area contributed by atoms with Gasteiger partial charge in [-0.25, -0.2) is 4.39 Å². The molecule has 0 aliphatic rings. The van der Waals surface area contributed by atoms with Crippen molar-refractivity contribution in [2.45, 2.75) is 33.6 Å². The van der Waals surface area contributed by atoms with E-state index in [1.165, 1.54) is 6.07 Å². The zero-order valence-electron chi connectivity index (χ0n) is 9.81. The summed E-state index contributed by atoms with van der Waals surface area (Å²) in [5.74, 6) is -0.241. The van der Waals surface area contributed by atoms with Gasteiger partial charge in [0.2, 0.25) is 0 Å². The molecule has 0 bridgehead atoms. The van der Waals surface area contributed by atoms with Crippen molar-refractivity contribution in [3.05, 3.63) is 34.1 Å². The van der Waals surface area contributed by atoms with Gasteiger partial charge in [0.05, 0.1) is 0 Å². The SMILES string of the molecule is CC(C)(C)CC(=O)Cc1cc(Br)ccc1F. The molecule has 3 heteroatoms. The maximum Gasteiger partial charge on any atom is 0.137 e. The second-order valence-electron chi connectivity index (χ2n) is 5.19. The second-order valence-corrected chi connectivity index (χ2v) is 6.10. The second kappa shape index (κ2) is 5.09. The first-order valence-corrected chi connectivity index (χ1v) is 6.03. The topological polar surface area (TPSA) is 17.1 Å². The van der Waals surface area contributed by atoms with Crippen molar-refractivity contribution in [2.24, 2.45) is 5.41 Å². The minimum Gasteiger partial charge on any atom is -0.299 e. The number of benzene rings is 1. The van der Waals surface area contributed by atoms with Crippen molar-refractivity contribution in [1.82, 2.24) is 0 Å². The van der Waals surface area contributed by atoms with Gasteiger partial charge in [0.1, 0.15) is 11.6 Å². The van der Waals surface area contributed by atoms with Crippen molar-refractivity contribution in [2.75, 3.05) is 0 Å². The molecule has 16 heavy (non-hydrogen) atoms. The fourth-order valence-electron chi connectivity index (χ4n) is 1.55. The summed E-state index contributed by atoms with van der Waals surface area (Å²) in [5.41, 5.74) is 0.420. The van der Waals surface area contributed by atoms with Crippen LogP contribution in [0.5, 0.6) is 0 Å². The van der Waals surface area contributed by atoms with E-state index < -0.39 is 0 Å². The quantitative estimate of drug-likeness (QED) is 0.816. The monoisotopic (exact) mass is 286 g/mol. The predicted molar refractivity (Wildman–Crippen MR) is 66.9 cm³/mol. The van der Waals surface area contributed by atoms with E-state index in [1.54, 1.807) is 12.1 Å². The van der Waals surface area contributed by atoms with Gasteiger partial charge in [-0.3, -0.25) is 4.79 Å². The molecule has 0 amide bonds. The normalized spacial score (nSPS) is 11.6. The van der Waals surface area contributed by atoms with Gasteiger partial charge >= 0.3 is 0 Å². The zero-order chi connectivity index (χ0) is 12.3. The van der Waals surface area contributed by atoms with Crippen LogP contribution in [0, 0.1) is 11.2 Å². The van der Waals surface area contributed by atoms with Gasteiger partial charge in [0.25, 0.3) is 0 Å². The first-order chi connectivity index (χ1) is 7.28. The zero-order valence-corrected chi connectivity index (χ0v) is 11.4. The molecule has 0 radical (unpaired) electrons. The molecule has 0 aliphatic carbocycles. The lowest BCUT2D eigenvalue weighted by Gasteiger charge is -2.16. The molecular formula is C13H16BrFO. The number of carbonyl (C=O) groups is 1. The molecule has 0 atom stereocenters. The predicted octanol–water partition coefficient (Wildman–Crippen LogP) is 4.14. The standard InChI is InChI=1S/C13H16BrFO/c1-13(2,3)8-11(16)7-9-6-10(14)4-5-12(9)15/h4-6H,7-8H2,1-3H3. The Morgan fingerprint density at radius 1 is 1.38 bits per heavy atom. The van der Waals surface area contributed by atoms with Crippen molar-refractivity contribution in [3.8, 4) is 0 Å². The molecule has 0 saturated heterocycles. The van der Waals surface area contributed by atoms with Crippen molar-refractivity contribution in [1.29, 1.82) is 0 Å². The van der Waals surface area contributed by atoms with Gasteiger partial charge in [-0.1, -0.05) is 36.7 Å². The van der Waals surface area contributed by atoms with Gasteiger partial charge in [-0.15, -0.1) is 0 Å². The molecule has 0 heterocycles. The summed E-state index contributed by atoms with van der Waals surface area (Å²) in [6, 6.07) is 4.67.